The van der Waals surface area contributed by atoms with E-state index in [1.54, 1.807) is 30.4 Å². The van der Waals surface area contributed by atoms with Crippen LogP contribution in [0.4, 0.5) is 0 Å². The van der Waals surface area contributed by atoms with Crippen LogP contribution in [0, 0.1) is 0 Å². The largest absolute Gasteiger partial charge is 0.465 e. The number of carbonyl (C=O) groups excluding carboxylic acids is 1. The first-order chi connectivity index (χ1) is 17.0. The van der Waals surface area contributed by atoms with Gasteiger partial charge in [0.2, 0.25) is 0 Å². The van der Waals surface area contributed by atoms with E-state index >= 15 is 0 Å². The number of thioether (sulfide) groups is 1. The lowest BCUT2D eigenvalue weighted by molar-refractivity contribution is 0.0601. The van der Waals surface area contributed by atoms with Crippen LogP contribution in [-0.2, 0) is 11.3 Å². The highest BCUT2D eigenvalue weighted by Crippen LogP contribution is 2.41. The minimum Gasteiger partial charge on any atom is -0.465 e. The minimum absolute atomic E-state index is 0.188. The Morgan fingerprint density at radius 2 is 1.86 bits per heavy atom. The number of imidazole rings is 1. The molecule has 6 heteroatoms. The molecule has 1 N–H and O–H groups in total. The van der Waals surface area contributed by atoms with Gasteiger partial charge in [-0.2, -0.15) is 0 Å². The number of methoxy groups -OCH3 is 1. The molecule has 0 aliphatic carbocycles. The Morgan fingerprint density at radius 1 is 1.11 bits per heavy atom. The van der Waals surface area contributed by atoms with Gasteiger partial charge in [0.1, 0.15) is 5.37 Å². The summed E-state index contributed by atoms with van der Waals surface area (Å²) in [6.45, 7) is 4.18. The highest BCUT2D eigenvalue weighted by molar-refractivity contribution is 7.99. The van der Waals surface area contributed by atoms with Crippen LogP contribution in [-0.4, -0.2) is 27.7 Å². The molecular weight excluding hydrogens is 456 g/mol. The van der Waals surface area contributed by atoms with Crippen LogP contribution in [0.2, 0.25) is 0 Å². The second kappa shape index (κ2) is 11.4. The molecule has 1 heterocycles. The Bertz CT molecular complexity index is 1260. The number of aromatic nitrogens is 2. The van der Waals surface area contributed by atoms with Gasteiger partial charge < -0.3 is 14.4 Å². The highest BCUT2D eigenvalue weighted by Gasteiger charge is 2.24. The molecule has 4 rings (SSSR count). The zero-order valence-electron chi connectivity index (χ0n) is 20.2. The zero-order chi connectivity index (χ0) is 24.8. The van der Waals surface area contributed by atoms with E-state index in [-0.39, 0.29) is 12.0 Å². The van der Waals surface area contributed by atoms with Crippen molar-refractivity contribution in [3.05, 3.63) is 108 Å². The summed E-state index contributed by atoms with van der Waals surface area (Å²) in [4.78, 5) is 18.1. The average molecular weight is 487 g/mol. The van der Waals surface area contributed by atoms with Crippen LogP contribution in [0.5, 0.6) is 0 Å². The Hall–Kier alpha value is -3.35. The van der Waals surface area contributed by atoms with Crippen molar-refractivity contribution in [3.63, 3.8) is 0 Å². The van der Waals surface area contributed by atoms with Crippen LogP contribution in [0.1, 0.15) is 58.6 Å². The summed E-state index contributed by atoms with van der Waals surface area (Å²) in [6, 6.07) is 22.2. The first-order valence-electron chi connectivity index (χ1n) is 11.7. The summed E-state index contributed by atoms with van der Waals surface area (Å²) in [5, 5.41) is 10.1. The van der Waals surface area contributed by atoms with Crippen molar-refractivity contribution < 1.29 is 14.6 Å². The van der Waals surface area contributed by atoms with Gasteiger partial charge in [-0.25, -0.2) is 9.78 Å². The maximum Gasteiger partial charge on any atom is 0.338 e. The molecule has 3 aromatic carbocycles. The Labute approximate surface area is 210 Å². The maximum absolute atomic E-state index is 12.8. The molecule has 4 aromatic rings. The molecule has 5 nitrogen and oxygen atoms in total. The first-order valence-corrected chi connectivity index (χ1v) is 12.6. The van der Waals surface area contributed by atoms with E-state index in [0.29, 0.717) is 17.0 Å². The van der Waals surface area contributed by atoms with Crippen molar-refractivity contribution >= 4 is 17.7 Å². The lowest BCUT2D eigenvalue weighted by Crippen LogP contribution is -2.12. The van der Waals surface area contributed by atoms with E-state index < -0.39 is 5.97 Å². The number of rotatable bonds is 9. The molecule has 0 radical (unpaired) electrons. The van der Waals surface area contributed by atoms with Crippen LogP contribution in [0.15, 0.2) is 90.3 Å². The molecule has 180 valence electrons. The second-order valence-corrected chi connectivity index (χ2v) is 9.62. The van der Waals surface area contributed by atoms with E-state index in [0.717, 1.165) is 28.0 Å². The standard InChI is InChI=1S/C29H30N2O3S/c1-4-20(2)21-10-12-22(13-11-21)25-17-26(23(18-32)16-27(25)29(33)34-3)28(31-15-14-30-19-31)35-24-8-6-5-7-9-24/h5-17,19-20,28,32H,4,18H2,1-3H3. The van der Waals surface area contributed by atoms with Crippen LogP contribution < -0.4 is 0 Å². The fourth-order valence-corrected chi connectivity index (χ4v) is 5.26. The van der Waals surface area contributed by atoms with Gasteiger partial charge >= 0.3 is 5.97 Å². The normalized spacial score (nSPS) is 12.8. The molecule has 0 amide bonds. The van der Waals surface area contributed by atoms with E-state index in [9.17, 15) is 9.90 Å². The number of hydrogen-bond acceptors (Lipinski definition) is 5. The van der Waals surface area contributed by atoms with Crippen LogP contribution in [0.25, 0.3) is 11.1 Å². The molecule has 0 spiro atoms. The topological polar surface area (TPSA) is 64.3 Å². The summed E-state index contributed by atoms with van der Waals surface area (Å²) in [7, 11) is 1.38. The van der Waals surface area contributed by atoms with Gasteiger partial charge in [-0.3, -0.25) is 0 Å². The van der Waals surface area contributed by atoms with Gasteiger partial charge in [-0.15, -0.1) is 0 Å². The summed E-state index contributed by atoms with van der Waals surface area (Å²) in [5.74, 6) is 0.0338. The van der Waals surface area contributed by atoms with Crippen LogP contribution >= 0.6 is 11.8 Å². The van der Waals surface area contributed by atoms with Crippen molar-refractivity contribution in [3.8, 4) is 11.1 Å². The molecule has 35 heavy (non-hydrogen) atoms. The summed E-state index contributed by atoms with van der Waals surface area (Å²) < 4.78 is 7.12. The van der Waals surface area contributed by atoms with Gasteiger partial charge in [0, 0.05) is 17.3 Å². The number of hydrogen-bond donors (Lipinski definition) is 1. The first kappa shape index (κ1) is 24.8. The monoisotopic (exact) mass is 486 g/mol. The predicted octanol–water partition coefficient (Wildman–Crippen LogP) is 6.68. The number of benzene rings is 3. The number of aliphatic hydroxyl groups is 1. The van der Waals surface area contributed by atoms with Gasteiger partial charge in [0.25, 0.3) is 0 Å². The molecule has 0 aliphatic rings. The van der Waals surface area contributed by atoms with Crippen molar-refractivity contribution in [1.82, 2.24) is 9.55 Å². The lowest BCUT2D eigenvalue weighted by Gasteiger charge is -2.23. The lowest BCUT2D eigenvalue weighted by atomic mass is 9.91. The zero-order valence-corrected chi connectivity index (χ0v) is 21.0. The minimum atomic E-state index is -0.429. The Balaban J connectivity index is 1.88. The third-order valence-electron chi connectivity index (χ3n) is 6.31. The van der Waals surface area contributed by atoms with Crippen LogP contribution in [0.3, 0.4) is 0 Å². The third kappa shape index (κ3) is 5.50. The number of nitrogens with zero attached hydrogens (tertiary/aromatic N) is 2. The molecular formula is C29H30N2O3S. The smallest absolute Gasteiger partial charge is 0.338 e. The molecule has 0 saturated heterocycles. The molecule has 0 bridgehead atoms. The van der Waals surface area contributed by atoms with Crippen molar-refractivity contribution in [2.45, 2.75) is 43.1 Å². The molecule has 2 atom stereocenters. The third-order valence-corrected chi connectivity index (χ3v) is 7.58. The summed E-state index contributed by atoms with van der Waals surface area (Å²) >= 11 is 1.66. The Kier molecular flexibility index (Phi) is 8.06. The fraction of sp³-hybridized carbons (Fsp3) is 0.241. The molecule has 0 aliphatic heterocycles. The number of aliphatic hydroxyl groups excluding tert-OH is 1. The number of esters is 1. The number of ether oxygens (including phenoxy) is 1. The second-order valence-electron chi connectivity index (χ2n) is 8.47. The van der Waals surface area contributed by atoms with Gasteiger partial charge in [-0.1, -0.05) is 68.1 Å². The average Bonchev–Trinajstić information content (AvgIpc) is 3.45. The highest BCUT2D eigenvalue weighted by atomic mass is 32.2. The van der Waals surface area contributed by atoms with Gasteiger partial charge in [-0.05, 0) is 64.4 Å². The van der Waals surface area contributed by atoms with Gasteiger partial charge in [0.05, 0.1) is 25.6 Å². The number of carbonyl (C=O) groups is 1. The molecule has 2 unspecified atom stereocenters. The van der Waals surface area contributed by atoms with Crippen molar-refractivity contribution in [1.29, 1.82) is 0 Å². The van der Waals surface area contributed by atoms with Crippen molar-refractivity contribution in [2.75, 3.05) is 7.11 Å². The maximum atomic E-state index is 12.8. The predicted molar refractivity (Wildman–Crippen MR) is 141 cm³/mol. The molecule has 1 aromatic heterocycles. The summed E-state index contributed by atoms with van der Waals surface area (Å²) in [6.07, 6.45) is 6.49. The Morgan fingerprint density at radius 3 is 2.46 bits per heavy atom. The fourth-order valence-electron chi connectivity index (χ4n) is 4.09. The van der Waals surface area contributed by atoms with Gasteiger partial charge in [0.15, 0.2) is 0 Å². The molecule has 0 saturated carbocycles. The van der Waals surface area contributed by atoms with E-state index in [4.69, 9.17) is 4.74 Å². The van der Waals surface area contributed by atoms with E-state index in [1.807, 2.05) is 35.0 Å². The molecule has 0 fully saturated rings. The SMILES string of the molecule is CCC(C)c1ccc(-c2cc(C(Sc3ccccc3)n3ccnc3)c(CO)cc2C(=O)OC)cc1. The van der Waals surface area contributed by atoms with E-state index in [2.05, 4.69) is 55.2 Å². The summed E-state index contributed by atoms with van der Waals surface area (Å²) in [5.41, 5.74) is 4.99. The van der Waals surface area contributed by atoms with E-state index in [1.165, 1.54) is 12.7 Å². The quantitative estimate of drug-likeness (QED) is 0.211. The van der Waals surface area contributed by atoms with Crippen molar-refractivity contribution in [2.24, 2.45) is 0 Å².